The molecule has 0 aliphatic rings. The van der Waals surface area contributed by atoms with E-state index in [1.54, 1.807) is 18.2 Å². The van der Waals surface area contributed by atoms with E-state index in [9.17, 15) is 14.1 Å². The fourth-order valence-electron chi connectivity index (χ4n) is 3.80. The van der Waals surface area contributed by atoms with Gasteiger partial charge in [-0.1, -0.05) is 30.3 Å². The van der Waals surface area contributed by atoms with Crippen molar-refractivity contribution < 1.29 is 14.1 Å². The SMILES string of the molecule is Cc1cc2c(C(=Nc3ccc(S(=O)NCCN(C)C)cc3)c3ccccc3)c(O)[nH]c2cc1C=O. The molecule has 35 heavy (non-hydrogen) atoms. The van der Waals surface area contributed by atoms with Gasteiger partial charge in [0.05, 0.1) is 21.9 Å². The van der Waals surface area contributed by atoms with Gasteiger partial charge in [0.15, 0.2) is 5.88 Å². The molecule has 0 aliphatic carbocycles. The normalized spacial score (nSPS) is 12.9. The van der Waals surface area contributed by atoms with Gasteiger partial charge < -0.3 is 15.0 Å². The van der Waals surface area contributed by atoms with Crippen molar-refractivity contribution in [3.63, 3.8) is 0 Å². The quantitative estimate of drug-likeness (QED) is 0.241. The molecular weight excluding hydrogens is 460 g/mol. The monoisotopic (exact) mass is 488 g/mol. The Labute approximate surface area is 207 Å². The Balaban J connectivity index is 1.75. The van der Waals surface area contributed by atoms with E-state index >= 15 is 0 Å². The van der Waals surface area contributed by atoms with Crippen molar-refractivity contribution in [3.8, 4) is 5.88 Å². The van der Waals surface area contributed by atoms with E-state index in [0.717, 1.165) is 29.3 Å². The highest BCUT2D eigenvalue weighted by molar-refractivity contribution is 7.83. The lowest BCUT2D eigenvalue weighted by atomic mass is 9.98. The number of aromatic amines is 1. The maximum absolute atomic E-state index is 12.5. The fraction of sp³-hybridized carbons (Fsp3) is 0.185. The number of carbonyl (C=O) groups is 1. The summed E-state index contributed by atoms with van der Waals surface area (Å²) in [5.41, 5.74) is 4.67. The summed E-state index contributed by atoms with van der Waals surface area (Å²) in [5, 5.41) is 11.6. The Morgan fingerprint density at radius 1 is 1.11 bits per heavy atom. The standard InChI is InChI=1S/C27H28N4O3S/c1-18-15-23-24(16-20(18)17-32)30-27(33)25(23)26(19-7-5-4-6-8-19)29-21-9-11-22(12-10-21)35(34)28-13-14-31(2)3/h4-12,15-17,28,30,33H,13-14H2,1-3H3. The smallest absolute Gasteiger partial charge is 0.199 e. The largest absolute Gasteiger partial charge is 0.494 e. The number of rotatable bonds is 9. The van der Waals surface area contributed by atoms with Gasteiger partial charge in [-0.15, -0.1) is 0 Å². The highest BCUT2D eigenvalue weighted by atomic mass is 32.2. The van der Waals surface area contributed by atoms with E-state index < -0.39 is 11.0 Å². The van der Waals surface area contributed by atoms with Crippen LogP contribution in [0.1, 0.15) is 27.0 Å². The fourth-order valence-corrected chi connectivity index (χ4v) is 4.63. The van der Waals surface area contributed by atoms with Crippen LogP contribution in [-0.4, -0.2) is 58.4 Å². The Kier molecular flexibility index (Phi) is 7.55. The summed E-state index contributed by atoms with van der Waals surface area (Å²) >= 11 is 0. The van der Waals surface area contributed by atoms with E-state index in [2.05, 4.69) is 9.71 Å². The van der Waals surface area contributed by atoms with Crippen molar-refractivity contribution in [2.75, 3.05) is 27.2 Å². The zero-order valence-corrected chi connectivity index (χ0v) is 20.7. The minimum absolute atomic E-state index is 0.0205. The Morgan fingerprint density at radius 3 is 2.49 bits per heavy atom. The van der Waals surface area contributed by atoms with Crippen LogP contribution < -0.4 is 4.72 Å². The minimum Gasteiger partial charge on any atom is -0.494 e. The number of hydrogen-bond donors (Lipinski definition) is 3. The van der Waals surface area contributed by atoms with Gasteiger partial charge >= 0.3 is 0 Å². The first-order chi connectivity index (χ1) is 16.9. The predicted molar refractivity (Wildman–Crippen MR) is 141 cm³/mol. The third-order valence-corrected chi connectivity index (χ3v) is 6.83. The lowest BCUT2D eigenvalue weighted by Gasteiger charge is -2.10. The molecular formula is C27H28N4O3S. The maximum Gasteiger partial charge on any atom is 0.199 e. The number of aldehydes is 1. The highest BCUT2D eigenvalue weighted by Gasteiger charge is 2.19. The van der Waals surface area contributed by atoms with Gasteiger partial charge in [-0.05, 0) is 63.0 Å². The summed E-state index contributed by atoms with van der Waals surface area (Å²) < 4.78 is 15.5. The molecule has 0 spiro atoms. The van der Waals surface area contributed by atoms with Crippen molar-refractivity contribution in [1.29, 1.82) is 0 Å². The van der Waals surface area contributed by atoms with Gasteiger partial charge in [0, 0.05) is 35.1 Å². The van der Waals surface area contributed by atoms with Crippen molar-refractivity contribution >= 4 is 39.6 Å². The van der Waals surface area contributed by atoms with Crippen molar-refractivity contribution in [1.82, 2.24) is 14.6 Å². The molecule has 0 fully saturated rings. The van der Waals surface area contributed by atoms with Crippen LogP contribution in [0.5, 0.6) is 5.88 Å². The van der Waals surface area contributed by atoms with Gasteiger partial charge in [0.1, 0.15) is 17.3 Å². The van der Waals surface area contributed by atoms with Crippen LogP contribution in [0, 0.1) is 6.92 Å². The number of aryl methyl sites for hydroxylation is 1. The number of nitrogens with one attached hydrogen (secondary N) is 2. The third-order valence-electron chi connectivity index (χ3n) is 5.66. The Morgan fingerprint density at radius 2 is 1.83 bits per heavy atom. The van der Waals surface area contributed by atoms with Crippen molar-refractivity contribution in [2.45, 2.75) is 11.8 Å². The average molecular weight is 489 g/mol. The van der Waals surface area contributed by atoms with Crippen LogP contribution in [0.15, 0.2) is 76.6 Å². The van der Waals surface area contributed by atoms with Gasteiger partial charge in [-0.2, -0.15) is 0 Å². The number of nitrogens with zero attached hydrogens (tertiary/aromatic N) is 2. The van der Waals surface area contributed by atoms with E-state index in [4.69, 9.17) is 4.99 Å². The highest BCUT2D eigenvalue weighted by Crippen LogP contribution is 2.33. The van der Waals surface area contributed by atoms with E-state index in [-0.39, 0.29) is 5.88 Å². The molecule has 7 nitrogen and oxygen atoms in total. The predicted octanol–water partition coefficient (Wildman–Crippen LogP) is 4.34. The lowest BCUT2D eigenvalue weighted by Crippen LogP contribution is -2.27. The maximum atomic E-state index is 12.5. The lowest BCUT2D eigenvalue weighted by molar-refractivity contribution is 0.112. The minimum atomic E-state index is -1.31. The molecule has 1 aromatic heterocycles. The molecule has 4 rings (SSSR count). The summed E-state index contributed by atoms with van der Waals surface area (Å²) in [4.78, 5) is 21.9. The van der Waals surface area contributed by atoms with E-state index in [1.807, 2.05) is 74.4 Å². The summed E-state index contributed by atoms with van der Waals surface area (Å²) in [5.74, 6) is -0.0205. The number of aliphatic imine (C=N–C) groups is 1. The molecule has 0 saturated carbocycles. The Hall–Kier alpha value is -3.59. The van der Waals surface area contributed by atoms with Crippen molar-refractivity contribution in [2.24, 2.45) is 4.99 Å². The summed E-state index contributed by atoms with van der Waals surface area (Å²) in [6.45, 7) is 3.26. The molecule has 8 heteroatoms. The second-order valence-electron chi connectivity index (χ2n) is 8.51. The number of fused-ring (bicyclic) bond motifs is 1. The molecule has 180 valence electrons. The number of likely N-dealkylation sites (N-methyl/N-ethyl adjacent to an activating group) is 1. The number of H-pyrrole nitrogens is 1. The van der Waals surface area contributed by atoms with Crippen LogP contribution in [-0.2, 0) is 11.0 Å². The molecule has 0 saturated heterocycles. The molecule has 1 unspecified atom stereocenters. The zero-order valence-electron chi connectivity index (χ0n) is 19.9. The zero-order chi connectivity index (χ0) is 24.9. The first-order valence-corrected chi connectivity index (χ1v) is 12.4. The Bertz CT molecular complexity index is 1390. The number of carbonyl (C=O) groups excluding carboxylic acids is 1. The number of benzene rings is 3. The molecule has 0 bridgehead atoms. The van der Waals surface area contributed by atoms with Gasteiger partial charge in [-0.25, -0.2) is 13.9 Å². The molecule has 3 N–H and O–H groups in total. The summed E-state index contributed by atoms with van der Waals surface area (Å²) in [6, 6.07) is 20.4. The summed E-state index contributed by atoms with van der Waals surface area (Å²) in [6.07, 6.45) is 0.805. The first kappa shape index (κ1) is 24.5. The van der Waals surface area contributed by atoms with Crippen LogP contribution in [0.4, 0.5) is 5.69 Å². The number of hydrogen-bond acceptors (Lipinski definition) is 5. The van der Waals surface area contributed by atoms with Gasteiger partial charge in [0.25, 0.3) is 0 Å². The molecule has 0 amide bonds. The van der Waals surface area contributed by atoms with Crippen LogP contribution in [0.3, 0.4) is 0 Å². The molecule has 3 aromatic carbocycles. The molecule has 4 aromatic rings. The average Bonchev–Trinajstić information content (AvgIpc) is 3.16. The first-order valence-electron chi connectivity index (χ1n) is 11.2. The molecule has 1 heterocycles. The van der Waals surface area contributed by atoms with Crippen molar-refractivity contribution in [3.05, 3.63) is 89.0 Å². The summed E-state index contributed by atoms with van der Waals surface area (Å²) in [7, 11) is 2.62. The second-order valence-corrected chi connectivity index (χ2v) is 9.81. The number of aromatic nitrogens is 1. The van der Waals surface area contributed by atoms with E-state index in [1.165, 1.54) is 0 Å². The van der Waals surface area contributed by atoms with Crippen LogP contribution in [0.2, 0.25) is 0 Å². The van der Waals surface area contributed by atoms with E-state index in [0.29, 0.717) is 39.5 Å². The number of aromatic hydroxyl groups is 1. The molecule has 1 atom stereocenters. The van der Waals surface area contributed by atoms with Crippen LogP contribution in [0.25, 0.3) is 10.9 Å². The van der Waals surface area contributed by atoms with Gasteiger partial charge in [-0.3, -0.25) is 4.79 Å². The molecule has 0 radical (unpaired) electrons. The molecule has 0 aliphatic heterocycles. The second kappa shape index (κ2) is 10.8. The topological polar surface area (TPSA) is 97.8 Å². The van der Waals surface area contributed by atoms with Gasteiger partial charge in [0.2, 0.25) is 0 Å². The van der Waals surface area contributed by atoms with Crippen LogP contribution >= 0.6 is 0 Å². The third kappa shape index (κ3) is 5.57.